The van der Waals surface area contributed by atoms with Gasteiger partial charge in [0.05, 0.1) is 10.6 Å². The SMILES string of the molecule is Cc1n[nH]c(C)c1CCCN(C)C(=O)C1CCCN1S(=O)(=O)c1ccc(F)cc1. The number of amides is 1. The topological polar surface area (TPSA) is 86.4 Å². The molecule has 29 heavy (non-hydrogen) atoms. The van der Waals surface area contributed by atoms with Gasteiger partial charge in [0.2, 0.25) is 15.9 Å². The Kier molecular flexibility index (Phi) is 6.38. The van der Waals surface area contributed by atoms with Crippen molar-refractivity contribution in [3.05, 3.63) is 47.0 Å². The number of aromatic nitrogens is 2. The predicted octanol–water partition coefficient (Wildman–Crippen LogP) is 2.41. The lowest BCUT2D eigenvalue weighted by Gasteiger charge is -2.27. The van der Waals surface area contributed by atoms with Crippen molar-refractivity contribution in [3.8, 4) is 0 Å². The molecule has 0 saturated carbocycles. The summed E-state index contributed by atoms with van der Waals surface area (Å²) >= 11 is 0. The smallest absolute Gasteiger partial charge is 0.243 e. The van der Waals surface area contributed by atoms with E-state index in [0.717, 1.165) is 41.9 Å². The van der Waals surface area contributed by atoms with E-state index in [1.807, 2.05) is 13.8 Å². The molecule has 1 aliphatic heterocycles. The summed E-state index contributed by atoms with van der Waals surface area (Å²) in [5.74, 6) is -0.699. The van der Waals surface area contributed by atoms with E-state index >= 15 is 0 Å². The van der Waals surface area contributed by atoms with Crippen LogP contribution in [0.3, 0.4) is 0 Å². The Morgan fingerprint density at radius 1 is 1.31 bits per heavy atom. The lowest BCUT2D eigenvalue weighted by molar-refractivity contribution is -0.133. The minimum absolute atomic E-state index is 0.00663. The lowest BCUT2D eigenvalue weighted by Crippen LogP contribution is -2.46. The number of aryl methyl sites for hydroxylation is 2. The molecule has 1 saturated heterocycles. The van der Waals surface area contributed by atoms with Gasteiger partial charge in [0.1, 0.15) is 11.9 Å². The molecule has 1 atom stereocenters. The normalized spacial score (nSPS) is 17.6. The molecular weight excluding hydrogens is 395 g/mol. The minimum atomic E-state index is -3.84. The standard InChI is InChI=1S/C20H27FN4O3S/c1-14-18(15(2)23-22-14)6-4-12-24(3)20(26)19-7-5-13-25(19)29(27,28)17-10-8-16(21)9-11-17/h8-11,19H,4-7,12-13H2,1-3H3,(H,22,23). The summed E-state index contributed by atoms with van der Waals surface area (Å²) in [5, 5.41) is 7.14. The number of hydrogen-bond acceptors (Lipinski definition) is 4. The second-order valence-electron chi connectivity index (χ2n) is 7.50. The van der Waals surface area contributed by atoms with Crippen LogP contribution in [0, 0.1) is 19.7 Å². The molecule has 1 fully saturated rings. The van der Waals surface area contributed by atoms with Gasteiger partial charge >= 0.3 is 0 Å². The van der Waals surface area contributed by atoms with E-state index in [4.69, 9.17) is 0 Å². The molecule has 0 spiro atoms. The number of benzene rings is 1. The predicted molar refractivity (Wildman–Crippen MR) is 107 cm³/mol. The quantitative estimate of drug-likeness (QED) is 0.742. The second-order valence-corrected chi connectivity index (χ2v) is 9.39. The van der Waals surface area contributed by atoms with Gasteiger partial charge in [0.15, 0.2) is 0 Å². The van der Waals surface area contributed by atoms with Crippen LogP contribution in [0.4, 0.5) is 4.39 Å². The highest BCUT2D eigenvalue weighted by Crippen LogP contribution is 2.27. The molecular formula is C20H27FN4O3S. The maximum Gasteiger partial charge on any atom is 0.243 e. The molecule has 1 amide bonds. The molecule has 9 heteroatoms. The van der Waals surface area contributed by atoms with Crippen molar-refractivity contribution in [3.63, 3.8) is 0 Å². The van der Waals surface area contributed by atoms with E-state index in [-0.39, 0.29) is 17.3 Å². The molecule has 0 radical (unpaired) electrons. The molecule has 0 bridgehead atoms. The average molecular weight is 423 g/mol. The number of likely N-dealkylation sites (N-methyl/N-ethyl adjacent to an activating group) is 1. The fraction of sp³-hybridized carbons (Fsp3) is 0.500. The van der Waals surface area contributed by atoms with Gasteiger partial charge in [-0.25, -0.2) is 12.8 Å². The summed E-state index contributed by atoms with van der Waals surface area (Å²) in [5.41, 5.74) is 3.15. The Hall–Kier alpha value is -2.26. The maximum atomic E-state index is 13.2. The van der Waals surface area contributed by atoms with Gasteiger partial charge in [-0.05, 0) is 69.4 Å². The highest BCUT2D eigenvalue weighted by molar-refractivity contribution is 7.89. The zero-order valence-corrected chi connectivity index (χ0v) is 17.8. The monoisotopic (exact) mass is 422 g/mol. The molecule has 1 N–H and O–H groups in total. The zero-order valence-electron chi connectivity index (χ0n) is 17.0. The highest BCUT2D eigenvalue weighted by Gasteiger charge is 2.40. The number of aromatic amines is 1. The van der Waals surface area contributed by atoms with Gasteiger partial charge in [-0.15, -0.1) is 0 Å². The van der Waals surface area contributed by atoms with Crippen LogP contribution in [0.15, 0.2) is 29.2 Å². The number of carbonyl (C=O) groups excluding carboxylic acids is 1. The van der Waals surface area contributed by atoms with E-state index in [0.29, 0.717) is 19.4 Å². The molecule has 3 rings (SSSR count). The summed E-state index contributed by atoms with van der Waals surface area (Å²) < 4.78 is 40.3. The number of nitrogens with zero attached hydrogens (tertiary/aromatic N) is 3. The Labute approximate surface area is 171 Å². The van der Waals surface area contributed by atoms with Crippen molar-refractivity contribution in [1.29, 1.82) is 0 Å². The van der Waals surface area contributed by atoms with Crippen LogP contribution in [-0.4, -0.2) is 59.9 Å². The molecule has 0 aliphatic carbocycles. The average Bonchev–Trinajstić information content (AvgIpc) is 3.30. The summed E-state index contributed by atoms with van der Waals surface area (Å²) in [4.78, 5) is 14.6. The number of sulfonamides is 1. The number of carbonyl (C=O) groups is 1. The van der Waals surface area contributed by atoms with Crippen LogP contribution in [0.5, 0.6) is 0 Å². The third-order valence-electron chi connectivity index (χ3n) is 5.49. The Morgan fingerprint density at radius 3 is 2.62 bits per heavy atom. The minimum Gasteiger partial charge on any atom is -0.344 e. The van der Waals surface area contributed by atoms with E-state index in [9.17, 15) is 17.6 Å². The molecule has 2 heterocycles. The van der Waals surface area contributed by atoms with E-state index in [1.165, 1.54) is 16.4 Å². The van der Waals surface area contributed by atoms with Crippen molar-refractivity contribution < 1.29 is 17.6 Å². The van der Waals surface area contributed by atoms with Gasteiger partial charge in [-0.1, -0.05) is 0 Å². The van der Waals surface area contributed by atoms with Crippen molar-refractivity contribution in [1.82, 2.24) is 19.4 Å². The Bertz CT molecular complexity index is 953. The van der Waals surface area contributed by atoms with Gasteiger partial charge in [0, 0.05) is 25.8 Å². The summed E-state index contributed by atoms with van der Waals surface area (Å²) in [7, 11) is -2.14. The fourth-order valence-electron chi connectivity index (χ4n) is 3.82. The van der Waals surface area contributed by atoms with Crippen LogP contribution < -0.4 is 0 Å². The largest absolute Gasteiger partial charge is 0.344 e. The Morgan fingerprint density at radius 2 is 2.00 bits per heavy atom. The summed E-state index contributed by atoms with van der Waals surface area (Å²) in [6.07, 6.45) is 2.68. The molecule has 1 aliphatic rings. The molecule has 158 valence electrons. The summed E-state index contributed by atoms with van der Waals surface area (Å²) in [6, 6.07) is 4.00. The third kappa shape index (κ3) is 4.51. The summed E-state index contributed by atoms with van der Waals surface area (Å²) in [6.45, 7) is 4.74. The first-order chi connectivity index (χ1) is 13.7. The van der Waals surface area contributed by atoms with Crippen molar-refractivity contribution in [2.45, 2.75) is 50.5 Å². The molecule has 1 aromatic heterocycles. The first-order valence-electron chi connectivity index (χ1n) is 9.74. The van der Waals surface area contributed by atoms with Crippen LogP contribution in [0.1, 0.15) is 36.2 Å². The third-order valence-corrected chi connectivity index (χ3v) is 7.41. The number of rotatable bonds is 7. The van der Waals surface area contributed by atoms with Crippen LogP contribution in [0.25, 0.3) is 0 Å². The van der Waals surface area contributed by atoms with Crippen molar-refractivity contribution in [2.24, 2.45) is 0 Å². The number of nitrogens with one attached hydrogen (secondary N) is 1. The zero-order chi connectivity index (χ0) is 21.2. The number of H-pyrrole nitrogens is 1. The maximum absolute atomic E-state index is 13.2. The molecule has 7 nitrogen and oxygen atoms in total. The second kappa shape index (κ2) is 8.62. The van der Waals surface area contributed by atoms with Gasteiger partial charge < -0.3 is 4.90 Å². The molecule has 2 aromatic rings. The fourth-order valence-corrected chi connectivity index (χ4v) is 5.47. The van der Waals surface area contributed by atoms with E-state index in [2.05, 4.69) is 10.2 Å². The van der Waals surface area contributed by atoms with Crippen LogP contribution in [-0.2, 0) is 21.2 Å². The Balaban J connectivity index is 1.65. The van der Waals surface area contributed by atoms with Gasteiger partial charge in [0.25, 0.3) is 0 Å². The first kappa shape index (κ1) is 21.4. The van der Waals surface area contributed by atoms with Crippen molar-refractivity contribution in [2.75, 3.05) is 20.1 Å². The van der Waals surface area contributed by atoms with E-state index < -0.39 is 21.9 Å². The number of hydrogen-bond donors (Lipinski definition) is 1. The molecule has 1 aromatic carbocycles. The van der Waals surface area contributed by atoms with Crippen LogP contribution >= 0.6 is 0 Å². The van der Waals surface area contributed by atoms with Crippen molar-refractivity contribution >= 4 is 15.9 Å². The van der Waals surface area contributed by atoms with Crippen LogP contribution in [0.2, 0.25) is 0 Å². The first-order valence-corrected chi connectivity index (χ1v) is 11.2. The highest BCUT2D eigenvalue weighted by atomic mass is 32.2. The lowest BCUT2D eigenvalue weighted by atomic mass is 10.1. The van der Waals surface area contributed by atoms with Gasteiger partial charge in [-0.2, -0.15) is 9.40 Å². The number of halogens is 1. The molecule has 1 unspecified atom stereocenters. The van der Waals surface area contributed by atoms with E-state index in [1.54, 1.807) is 11.9 Å². The van der Waals surface area contributed by atoms with Gasteiger partial charge in [-0.3, -0.25) is 9.89 Å².